The Kier molecular flexibility index (Phi) is 38.8. The summed E-state index contributed by atoms with van der Waals surface area (Å²) in [5.74, 6) is -0.217. The lowest BCUT2D eigenvalue weighted by Gasteiger charge is -2.29. The van der Waals surface area contributed by atoms with Crippen molar-refractivity contribution in [1.29, 1.82) is 0 Å². The van der Waals surface area contributed by atoms with Gasteiger partial charge in [0.2, 0.25) is 5.91 Å². The average Bonchev–Trinajstić information content (AvgIpc) is 3.16. The van der Waals surface area contributed by atoms with E-state index in [9.17, 15) is 19.4 Å². The molecule has 0 rings (SSSR count). The van der Waals surface area contributed by atoms with Crippen LogP contribution in [-0.2, 0) is 18.4 Å². The standard InChI is InChI=1S/C48H91N2O6P/c1-6-8-10-12-14-16-18-19-20-21-22-23-24-25-26-27-28-29-30-31-32-34-36-38-40-42-48(52)49-46(45-56-57(53,54)55-44-43-50(3,4)5)47(51)41-39-37-35-33-17-15-13-11-9-7-2/h9,11,17,25-26,33,39,41,46-47,51H,6-8,10,12-16,18-24,27-32,34-38,40,42-45H2,1-5H3,(H-,49,52,53,54)/b11-9+,26-25-,33-17+,41-39+. The van der Waals surface area contributed by atoms with Crippen LogP contribution in [0.2, 0.25) is 0 Å². The minimum absolute atomic E-state index is 0.0106. The molecule has 0 radical (unpaired) electrons. The number of phosphoric acid groups is 1. The molecule has 334 valence electrons. The lowest BCUT2D eigenvalue weighted by atomic mass is 10.0. The summed E-state index contributed by atoms with van der Waals surface area (Å²) in [4.78, 5) is 25.3. The van der Waals surface area contributed by atoms with Crippen LogP contribution in [0.5, 0.6) is 0 Å². The molecular weight excluding hydrogens is 732 g/mol. The minimum atomic E-state index is -4.60. The number of allylic oxidation sites excluding steroid dienone is 7. The molecule has 0 spiro atoms. The highest BCUT2D eigenvalue weighted by Crippen LogP contribution is 2.38. The van der Waals surface area contributed by atoms with Crippen molar-refractivity contribution in [2.24, 2.45) is 0 Å². The van der Waals surface area contributed by atoms with Gasteiger partial charge in [0.15, 0.2) is 0 Å². The number of quaternary nitrogens is 1. The van der Waals surface area contributed by atoms with Crippen LogP contribution in [0.25, 0.3) is 0 Å². The van der Waals surface area contributed by atoms with Gasteiger partial charge in [0.05, 0.1) is 39.9 Å². The number of aliphatic hydroxyl groups excluding tert-OH is 1. The van der Waals surface area contributed by atoms with E-state index in [1.807, 2.05) is 27.2 Å². The predicted molar refractivity (Wildman–Crippen MR) is 242 cm³/mol. The number of amides is 1. The summed E-state index contributed by atoms with van der Waals surface area (Å²) in [5.41, 5.74) is 0. The van der Waals surface area contributed by atoms with Gasteiger partial charge in [-0.05, 0) is 64.2 Å². The second-order valence-corrected chi connectivity index (χ2v) is 18.5. The van der Waals surface area contributed by atoms with Crippen LogP contribution in [0.3, 0.4) is 0 Å². The number of hydrogen-bond donors (Lipinski definition) is 2. The first-order valence-electron chi connectivity index (χ1n) is 23.5. The van der Waals surface area contributed by atoms with Crippen molar-refractivity contribution >= 4 is 13.7 Å². The molecule has 0 aromatic heterocycles. The van der Waals surface area contributed by atoms with Crippen molar-refractivity contribution < 1.29 is 32.9 Å². The number of aliphatic hydroxyl groups is 1. The monoisotopic (exact) mass is 823 g/mol. The van der Waals surface area contributed by atoms with Crippen LogP contribution in [0.15, 0.2) is 48.6 Å². The van der Waals surface area contributed by atoms with Crippen molar-refractivity contribution in [3.05, 3.63) is 48.6 Å². The van der Waals surface area contributed by atoms with E-state index < -0.39 is 26.6 Å². The second-order valence-electron chi connectivity index (χ2n) is 17.1. The molecule has 0 aliphatic carbocycles. The van der Waals surface area contributed by atoms with Crippen LogP contribution in [-0.4, -0.2) is 68.5 Å². The summed E-state index contributed by atoms with van der Waals surface area (Å²) in [6, 6.07) is -0.909. The number of rotatable bonds is 42. The molecule has 0 fully saturated rings. The first-order valence-corrected chi connectivity index (χ1v) is 25.0. The smallest absolute Gasteiger partial charge is 0.268 e. The zero-order valence-corrected chi connectivity index (χ0v) is 38.7. The van der Waals surface area contributed by atoms with Gasteiger partial charge in [0.25, 0.3) is 7.82 Å². The first-order chi connectivity index (χ1) is 27.5. The highest BCUT2D eigenvalue weighted by Gasteiger charge is 2.23. The van der Waals surface area contributed by atoms with Crippen LogP contribution in [0.1, 0.15) is 200 Å². The van der Waals surface area contributed by atoms with Gasteiger partial charge in [-0.2, -0.15) is 0 Å². The Bertz CT molecular complexity index is 1070. The molecule has 8 nitrogen and oxygen atoms in total. The summed E-state index contributed by atoms with van der Waals surface area (Å²) in [7, 11) is 1.23. The molecule has 0 aliphatic heterocycles. The fraction of sp³-hybridized carbons (Fsp3) is 0.812. The van der Waals surface area contributed by atoms with Gasteiger partial charge < -0.3 is 28.8 Å². The SMILES string of the molecule is CC/C=C/CC/C=C/CC/C=C/C(O)C(COP(=O)([O-])OCC[N+](C)(C)C)NC(=O)CCCCCCCCCCC/C=C\CCCCCCCCCCCCCC. The van der Waals surface area contributed by atoms with E-state index in [4.69, 9.17) is 9.05 Å². The third-order valence-electron chi connectivity index (χ3n) is 10.3. The Hall–Kier alpha value is -1.54. The van der Waals surface area contributed by atoms with Crippen molar-refractivity contribution in [2.75, 3.05) is 40.9 Å². The van der Waals surface area contributed by atoms with Crippen molar-refractivity contribution in [2.45, 2.75) is 212 Å². The zero-order chi connectivity index (χ0) is 42.1. The average molecular weight is 823 g/mol. The normalized spacial score (nSPS) is 14.7. The molecular formula is C48H91N2O6P. The number of nitrogens with zero attached hydrogens (tertiary/aromatic N) is 1. The number of phosphoric ester groups is 1. The molecule has 2 N–H and O–H groups in total. The van der Waals surface area contributed by atoms with Gasteiger partial charge >= 0.3 is 0 Å². The molecule has 0 heterocycles. The fourth-order valence-electron chi connectivity index (χ4n) is 6.54. The lowest BCUT2D eigenvalue weighted by molar-refractivity contribution is -0.870. The molecule has 0 aromatic carbocycles. The zero-order valence-electron chi connectivity index (χ0n) is 37.8. The summed E-state index contributed by atoms with van der Waals surface area (Å²) < 4.78 is 23.1. The van der Waals surface area contributed by atoms with Crippen molar-refractivity contribution in [3.8, 4) is 0 Å². The number of nitrogens with one attached hydrogen (secondary N) is 1. The Morgan fingerprint density at radius 3 is 1.51 bits per heavy atom. The van der Waals surface area contributed by atoms with E-state index in [1.54, 1.807) is 6.08 Å². The number of likely N-dealkylation sites (N-methyl/N-ethyl adjacent to an activating group) is 1. The molecule has 0 bridgehead atoms. The third-order valence-corrected chi connectivity index (χ3v) is 11.2. The Morgan fingerprint density at radius 1 is 0.614 bits per heavy atom. The minimum Gasteiger partial charge on any atom is -0.756 e. The Labute approximate surface area is 352 Å². The molecule has 0 aliphatic rings. The highest BCUT2D eigenvalue weighted by molar-refractivity contribution is 7.45. The van der Waals surface area contributed by atoms with Crippen LogP contribution < -0.4 is 10.2 Å². The maximum absolute atomic E-state index is 12.8. The molecule has 1 amide bonds. The molecule has 0 saturated carbocycles. The maximum Gasteiger partial charge on any atom is 0.268 e. The molecule has 0 saturated heterocycles. The van der Waals surface area contributed by atoms with E-state index in [2.05, 4.69) is 55.6 Å². The van der Waals surface area contributed by atoms with E-state index in [0.29, 0.717) is 17.4 Å². The predicted octanol–water partition coefficient (Wildman–Crippen LogP) is 12.6. The summed E-state index contributed by atoms with van der Waals surface area (Å²) in [6.45, 7) is 4.49. The fourth-order valence-corrected chi connectivity index (χ4v) is 7.26. The topological polar surface area (TPSA) is 108 Å². The second kappa shape index (κ2) is 39.9. The Morgan fingerprint density at radius 2 is 1.04 bits per heavy atom. The van der Waals surface area contributed by atoms with Gasteiger partial charge in [-0.1, -0.05) is 178 Å². The highest BCUT2D eigenvalue weighted by atomic mass is 31.2. The summed E-state index contributed by atoms with van der Waals surface area (Å²) in [6.07, 6.45) is 50.5. The number of unbranched alkanes of at least 4 members (excludes halogenated alkanes) is 23. The van der Waals surface area contributed by atoms with E-state index >= 15 is 0 Å². The van der Waals surface area contributed by atoms with E-state index in [1.165, 1.54) is 128 Å². The number of carbonyl (C=O) groups excluding carboxylic acids is 1. The van der Waals surface area contributed by atoms with Gasteiger partial charge in [-0.3, -0.25) is 9.36 Å². The van der Waals surface area contributed by atoms with E-state index in [0.717, 1.165) is 51.4 Å². The molecule has 9 heteroatoms. The number of hydrogen-bond acceptors (Lipinski definition) is 6. The third kappa shape index (κ3) is 42.4. The van der Waals surface area contributed by atoms with Crippen LogP contribution >= 0.6 is 7.82 Å². The summed E-state index contributed by atoms with van der Waals surface area (Å²) >= 11 is 0. The largest absolute Gasteiger partial charge is 0.756 e. The van der Waals surface area contributed by atoms with E-state index in [-0.39, 0.29) is 12.5 Å². The first kappa shape index (κ1) is 55.5. The summed E-state index contributed by atoms with van der Waals surface area (Å²) in [5, 5.41) is 13.7. The van der Waals surface area contributed by atoms with Crippen LogP contribution in [0, 0.1) is 0 Å². The van der Waals surface area contributed by atoms with Gasteiger partial charge in [0, 0.05) is 6.42 Å². The van der Waals surface area contributed by atoms with Crippen molar-refractivity contribution in [1.82, 2.24) is 5.32 Å². The molecule has 0 aromatic rings. The Balaban J connectivity index is 4.19. The maximum atomic E-state index is 12.8. The lowest BCUT2D eigenvalue weighted by Crippen LogP contribution is -2.45. The molecule has 3 unspecified atom stereocenters. The van der Waals surface area contributed by atoms with Crippen LogP contribution in [0.4, 0.5) is 0 Å². The molecule has 57 heavy (non-hydrogen) atoms. The number of carbonyl (C=O) groups is 1. The van der Waals surface area contributed by atoms with Gasteiger partial charge in [0.1, 0.15) is 13.2 Å². The van der Waals surface area contributed by atoms with Gasteiger partial charge in [-0.25, -0.2) is 0 Å². The van der Waals surface area contributed by atoms with Crippen molar-refractivity contribution in [3.63, 3.8) is 0 Å². The molecule has 3 atom stereocenters. The quantitative estimate of drug-likeness (QED) is 0.0275. The van der Waals surface area contributed by atoms with Gasteiger partial charge in [-0.15, -0.1) is 0 Å².